The Balaban J connectivity index is 2.60. The Labute approximate surface area is 121 Å². The van der Waals surface area contributed by atoms with Gasteiger partial charge in [-0.2, -0.15) is 13.2 Å². The molecule has 1 rings (SSSR count). The van der Waals surface area contributed by atoms with Gasteiger partial charge in [0.2, 0.25) is 5.91 Å². The lowest BCUT2D eigenvalue weighted by Crippen LogP contribution is -2.36. The highest BCUT2D eigenvalue weighted by molar-refractivity contribution is 5.78. The van der Waals surface area contributed by atoms with Crippen molar-refractivity contribution in [3.8, 4) is 0 Å². The third-order valence-corrected chi connectivity index (χ3v) is 2.93. The number of benzene rings is 1. The lowest BCUT2D eigenvalue weighted by Gasteiger charge is -2.19. The highest BCUT2D eigenvalue weighted by atomic mass is 19.4. The predicted octanol–water partition coefficient (Wildman–Crippen LogP) is 2.12. The van der Waals surface area contributed by atoms with E-state index in [1.54, 1.807) is 13.0 Å². The van der Waals surface area contributed by atoms with Gasteiger partial charge in [0, 0.05) is 19.7 Å². The number of carbonyl (C=O) groups is 1. The fourth-order valence-corrected chi connectivity index (χ4v) is 1.84. The first kappa shape index (κ1) is 17.5. The molecule has 2 N–H and O–H groups in total. The third kappa shape index (κ3) is 5.73. The van der Waals surface area contributed by atoms with Crippen LogP contribution in [-0.2, 0) is 15.7 Å². The number of rotatable bonds is 7. The highest BCUT2D eigenvalue weighted by Gasteiger charge is 2.34. The van der Waals surface area contributed by atoms with Crippen LogP contribution < -0.4 is 10.6 Å². The van der Waals surface area contributed by atoms with E-state index in [2.05, 4.69) is 10.6 Å². The number of methoxy groups -OCH3 is 1. The summed E-state index contributed by atoms with van der Waals surface area (Å²) < 4.78 is 43.5. The highest BCUT2D eigenvalue weighted by Crippen LogP contribution is 2.34. The monoisotopic (exact) mass is 304 g/mol. The molecular weight excluding hydrogens is 285 g/mol. The van der Waals surface area contributed by atoms with Gasteiger partial charge in [0.25, 0.3) is 0 Å². The van der Waals surface area contributed by atoms with Crippen molar-refractivity contribution in [3.05, 3.63) is 35.4 Å². The maximum absolute atomic E-state index is 12.9. The van der Waals surface area contributed by atoms with E-state index >= 15 is 0 Å². The largest absolute Gasteiger partial charge is 0.416 e. The van der Waals surface area contributed by atoms with Crippen LogP contribution in [0.15, 0.2) is 24.3 Å². The summed E-state index contributed by atoms with van der Waals surface area (Å²) in [6, 6.07) is 4.74. The van der Waals surface area contributed by atoms with Crippen LogP contribution in [0.3, 0.4) is 0 Å². The molecule has 0 saturated heterocycles. The zero-order chi connectivity index (χ0) is 15.9. The van der Waals surface area contributed by atoms with Crippen LogP contribution in [0, 0.1) is 0 Å². The van der Waals surface area contributed by atoms with Gasteiger partial charge in [-0.15, -0.1) is 0 Å². The van der Waals surface area contributed by atoms with E-state index in [9.17, 15) is 18.0 Å². The second kappa shape index (κ2) is 7.99. The number of halogens is 3. The number of amides is 1. The van der Waals surface area contributed by atoms with Crippen molar-refractivity contribution in [2.75, 3.05) is 26.8 Å². The van der Waals surface area contributed by atoms with Gasteiger partial charge in [-0.1, -0.05) is 18.2 Å². The van der Waals surface area contributed by atoms with E-state index in [0.29, 0.717) is 13.2 Å². The lowest BCUT2D eigenvalue weighted by atomic mass is 10.0. The second-order valence-corrected chi connectivity index (χ2v) is 4.53. The second-order valence-electron chi connectivity index (χ2n) is 4.53. The molecule has 0 aliphatic rings. The lowest BCUT2D eigenvalue weighted by molar-refractivity contribution is -0.138. The Morgan fingerprint density at radius 2 is 2.00 bits per heavy atom. The Bertz CT molecular complexity index is 464. The first-order valence-corrected chi connectivity index (χ1v) is 6.51. The molecule has 1 unspecified atom stereocenters. The van der Waals surface area contributed by atoms with Gasteiger partial charge >= 0.3 is 6.18 Å². The molecule has 1 aromatic carbocycles. The molecule has 0 spiro atoms. The van der Waals surface area contributed by atoms with Crippen LogP contribution in [0.4, 0.5) is 13.2 Å². The smallest absolute Gasteiger partial charge is 0.383 e. The van der Waals surface area contributed by atoms with Gasteiger partial charge in [-0.05, 0) is 18.6 Å². The summed E-state index contributed by atoms with van der Waals surface area (Å²) in [6.45, 7) is 2.28. The zero-order valence-corrected chi connectivity index (χ0v) is 12.0. The third-order valence-electron chi connectivity index (χ3n) is 2.93. The average molecular weight is 304 g/mol. The molecule has 21 heavy (non-hydrogen) atoms. The van der Waals surface area contributed by atoms with E-state index in [-0.39, 0.29) is 18.0 Å². The number of carbonyl (C=O) groups excluding carboxylic acids is 1. The number of hydrogen-bond acceptors (Lipinski definition) is 3. The zero-order valence-electron chi connectivity index (χ0n) is 12.0. The number of nitrogens with one attached hydrogen (secondary N) is 2. The van der Waals surface area contributed by atoms with E-state index in [1.807, 2.05) is 0 Å². The summed E-state index contributed by atoms with van der Waals surface area (Å²) in [5.41, 5.74) is -0.570. The molecule has 7 heteroatoms. The SMILES string of the molecule is COCCNC(=O)CNC(C)c1ccccc1C(F)(F)F. The summed E-state index contributed by atoms with van der Waals surface area (Å²) in [5, 5.41) is 5.37. The molecular formula is C14H19F3N2O2. The summed E-state index contributed by atoms with van der Waals surface area (Å²) in [4.78, 5) is 11.5. The van der Waals surface area contributed by atoms with E-state index < -0.39 is 17.8 Å². The van der Waals surface area contributed by atoms with Crippen molar-refractivity contribution in [1.29, 1.82) is 0 Å². The molecule has 0 fully saturated rings. The van der Waals surface area contributed by atoms with Crippen LogP contribution in [-0.4, -0.2) is 32.7 Å². The van der Waals surface area contributed by atoms with Gasteiger partial charge in [0.15, 0.2) is 0 Å². The number of hydrogen-bond donors (Lipinski definition) is 2. The Kier molecular flexibility index (Phi) is 6.64. The van der Waals surface area contributed by atoms with E-state index in [0.717, 1.165) is 6.07 Å². The first-order valence-electron chi connectivity index (χ1n) is 6.51. The van der Waals surface area contributed by atoms with E-state index in [1.165, 1.54) is 19.2 Å². The normalized spacial score (nSPS) is 13.0. The van der Waals surface area contributed by atoms with Crippen molar-refractivity contribution in [2.24, 2.45) is 0 Å². The minimum Gasteiger partial charge on any atom is -0.383 e. The average Bonchev–Trinajstić information content (AvgIpc) is 2.44. The van der Waals surface area contributed by atoms with Crippen molar-refractivity contribution in [1.82, 2.24) is 10.6 Å². The van der Waals surface area contributed by atoms with Crippen molar-refractivity contribution < 1.29 is 22.7 Å². The molecule has 0 radical (unpaired) electrons. The Morgan fingerprint density at radius 3 is 2.62 bits per heavy atom. The summed E-state index contributed by atoms with van der Waals surface area (Å²) in [5.74, 6) is -0.289. The minimum absolute atomic E-state index is 0.0585. The standard InChI is InChI=1S/C14H19F3N2O2/c1-10(19-9-13(20)18-7-8-21-2)11-5-3-4-6-12(11)14(15,16)17/h3-6,10,19H,7-9H2,1-2H3,(H,18,20). The van der Waals surface area contributed by atoms with Crippen molar-refractivity contribution >= 4 is 5.91 Å². The number of alkyl halides is 3. The molecule has 4 nitrogen and oxygen atoms in total. The van der Waals surface area contributed by atoms with Crippen LogP contribution in [0.5, 0.6) is 0 Å². The minimum atomic E-state index is -4.41. The van der Waals surface area contributed by atoms with E-state index in [4.69, 9.17) is 4.74 Å². The topological polar surface area (TPSA) is 50.4 Å². The summed E-state index contributed by atoms with van der Waals surface area (Å²) >= 11 is 0. The molecule has 0 saturated carbocycles. The van der Waals surface area contributed by atoms with Gasteiger partial charge in [0.05, 0.1) is 18.7 Å². The molecule has 0 bridgehead atoms. The molecule has 1 atom stereocenters. The van der Waals surface area contributed by atoms with Crippen molar-refractivity contribution in [3.63, 3.8) is 0 Å². The first-order chi connectivity index (χ1) is 9.86. The maximum atomic E-state index is 12.9. The van der Waals surface area contributed by atoms with Gasteiger partial charge in [0.1, 0.15) is 0 Å². The molecule has 0 aliphatic heterocycles. The van der Waals surface area contributed by atoms with Gasteiger partial charge < -0.3 is 15.4 Å². The predicted molar refractivity (Wildman–Crippen MR) is 72.7 cm³/mol. The fraction of sp³-hybridized carbons (Fsp3) is 0.500. The van der Waals surface area contributed by atoms with Gasteiger partial charge in [-0.25, -0.2) is 0 Å². The van der Waals surface area contributed by atoms with Gasteiger partial charge in [-0.3, -0.25) is 4.79 Å². The summed E-state index contributed by atoms with van der Waals surface area (Å²) in [6.07, 6.45) is -4.41. The Morgan fingerprint density at radius 1 is 1.33 bits per heavy atom. The quantitative estimate of drug-likeness (QED) is 0.759. The molecule has 1 amide bonds. The van der Waals surface area contributed by atoms with Crippen LogP contribution >= 0.6 is 0 Å². The van der Waals surface area contributed by atoms with Crippen molar-refractivity contribution in [2.45, 2.75) is 19.1 Å². The molecule has 0 aliphatic carbocycles. The van der Waals surface area contributed by atoms with Crippen LogP contribution in [0.2, 0.25) is 0 Å². The molecule has 118 valence electrons. The molecule has 0 aromatic heterocycles. The number of ether oxygens (including phenoxy) is 1. The maximum Gasteiger partial charge on any atom is 0.416 e. The molecule has 1 aromatic rings. The Hall–Kier alpha value is -1.60. The van der Waals surface area contributed by atoms with Crippen LogP contribution in [0.25, 0.3) is 0 Å². The molecule has 0 heterocycles. The summed E-state index contributed by atoms with van der Waals surface area (Å²) in [7, 11) is 1.51. The fourth-order valence-electron chi connectivity index (χ4n) is 1.84. The van der Waals surface area contributed by atoms with Crippen LogP contribution in [0.1, 0.15) is 24.1 Å².